The lowest BCUT2D eigenvalue weighted by molar-refractivity contribution is 0.00588. The summed E-state index contributed by atoms with van der Waals surface area (Å²) in [5.41, 5.74) is 0.643. The SMILES string of the molecule is O=C1c2cc(Br)cc(Br)c2OC[C@H]1N1CCOCC1. The molecule has 102 valence electrons. The highest BCUT2D eigenvalue weighted by molar-refractivity contribution is 9.11. The van der Waals surface area contributed by atoms with E-state index in [1.54, 1.807) is 0 Å². The van der Waals surface area contributed by atoms with Crippen molar-refractivity contribution in [2.24, 2.45) is 0 Å². The first-order chi connectivity index (χ1) is 9.16. The predicted molar refractivity (Wildman–Crippen MR) is 77.8 cm³/mol. The summed E-state index contributed by atoms with van der Waals surface area (Å²) in [5, 5.41) is 0. The summed E-state index contributed by atoms with van der Waals surface area (Å²) in [6.07, 6.45) is 0. The fourth-order valence-electron chi connectivity index (χ4n) is 2.47. The number of carbonyl (C=O) groups excluding carboxylic acids is 1. The van der Waals surface area contributed by atoms with Gasteiger partial charge in [-0.2, -0.15) is 0 Å². The quantitative estimate of drug-likeness (QED) is 0.738. The Hall–Kier alpha value is -0.430. The number of rotatable bonds is 1. The van der Waals surface area contributed by atoms with Crippen LogP contribution in [0.2, 0.25) is 0 Å². The van der Waals surface area contributed by atoms with Crippen molar-refractivity contribution >= 4 is 37.6 Å². The standard InChI is InChI=1S/C13H13Br2NO3/c14-8-5-9-12(17)11(16-1-3-18-4-2-16)7-19-13(9)10(15)6-8/h5-6,11H,1-4,7H2/t11-/m1/s1. The monoisotopic (exact) mass is 389 g/mol. The van der Waals surface area contributed by atoms with Gasteiger partial charge in [0.15, 0.2) is 5.78 Å². The number of morpholine rings is 1. The van der Waals surface area contributed by atoms with Crippen LogP contribution in [0.15, 0.2) is 21.1 Å². The summed E-state index contributed by atoms with van der Waals surface area (Å²) in [6, 6.07) is 3.52. The second-order valence-corrected chi connectivity index (χ2v) is 6.37. The maximum Gasteiger partial charge on any atom is 0.187 e. The lowest BCUT2D eigenvalue weighted by Crippen LogP contribution is -2.51. The zero-order valence-corrected chi connectivity index (χ0v) is 13.4. The molecule has 1 aromatic rings. The molecule has 19 heavy (non-hydrogen) atoms. The minimum Gasteiger partial charge on any atom is -0.490 e. The number of carbonyl (C=O) groups is 1. The summed E-state index contributed by atoms with van der Waals surface area (Å²) < 4.78 is 12.8. The van der Waals surface area contributed by atoms with Crippen LogP contribution in [-0.2, 0) is 4.74 Å². The first kappa shape index (κ1) is 13.5. The lowest BCUT2D eigenvalue weighted by Gasteiger charge is -2.36. The van der Waals surface area contributed by atoms with Crippen LogP contribution in [0.3, 0.4) is 0 Å². The van der Waals surface area contributed by atoms with E-state index in [0.29, 0.717) is 31.1 Å². The van der Waals surface area contributed by atoms with Crippen molar-refractivity contribution in [3.63, 3.8) is 0 Å². The fourth-order valence-corrected chi connectivity index (χ4v) is 3.81. The Morgan fingerprint density at radius 3 is 2.68 bits per heavy atom. The van der Waals surface area contributed by atoms with Gasteiger partial charge in [0.2, 0.25) is 0 Å². The van der Waals surface area contributed by atoms with Crippen molar-refractivity contribution in [1.82, 2.24) is 4.90 Å². The van der Waals surface area contributed by atoms with Crippen molar-refractivity contribution in [1.29, 1.82) is 0 Å². The number of Topliss-reactive ketones (excluding diaryl/α,β-unsaturated/α-hetero) is 1. The zero-order chi connectivity index (χ0) is 13.4. The van der Waals surface area contributed by atoms with Crippen molar-refractivity contribution in [2.45, 2.75) is 6.04 Å². The molecule has 2 aliphatic rings. The molecule has 0 saturated carbocycles. The van der Waals surface area contributed by atoms with E-state index in [2.05, 4.69) is 36.8 Å². The first-order valence-corrected chi connectivity index (χ1v) is 7.73. The number of ketones is 1. The highest BCUT2D eigenvalue weighted by Gasteiger charge is 2.35. The number of hydrogen-bond acceptors (Lipinski definition) is 4. The Bertz CT molecular complexity index is 515. The van der Waals surface area contributed by atoms with Gasteiger partial charge in [-0.15, -0.1) is 0 Å². The Kier molecular flexibility index (Phi) is 3.93. The van der Waals surface area contributed by atoms with Gasteiger partial charge in [0, 0.05) is 17.6 Å². The number of benzene rings is 1. The van der Waals surface area contributed by atoms with Gasteiger partial charge in [-0.3, -0.25) is 9.69 Å². The molecule has 6 heteroatoms. The van der Waals surface area contributed by atoms with Gasteiger partial charge in [-0.1, -0.05) is 15.9 Å². The lowest BCUT2D eigenvalue weighted by atomic mass is 9.99. The van der Waals surface area contributed by atoms with E-state index in [-0.39, 0.29) is 11.8 Å². The molecule has 0 spiro atoms. The van der Waals surface area contributed by atoms with E-state index >= 15 is 0 Å². The Balaban J connectivity index is 1.91. The minimum absolute atomic E-state index is 0.130. The van der Waals surface area contributed by atoms with Gasteiger partial charge < -0.3 is 9.47 Å². The third-order valence-electron chi connectivity index (χ3n) is 3.45. The van der Waals surface area contributed by atoms with Gasteiger partial charge in [0.05, 0.1) is 23.2 Å². The largest absolute Gasteiger partial charge is 0.490 e. The van der Waals surface area contributed by atoms with Crippen LogP contribution in [0.4, 0.5) is 0 Å². The third kappa shape index (κ3) is 2.59. The van der Waals surface area contributed by atoms with Gasteiger partial charge in [-0.25, -0.2) is 0 Å². The second kappa shape index (κ2) is 5.52. The Labute approximate surface area is 128 Å². The number of halogens is 2. The molecule has 0 aromatic heterocycles. The summed E-state index contributed by atoms with van der Waals surface area (Å²) in [4.78, 5) is 14.8. The smallest absolute Gasteiger partial charge is 0.187 e. The molecule has 3 rings (SSSR count). The molecule has 0 unspecified atom stereocenters. The molecule has 0 amide bonds. The van der Waals surface area contributed by atoms with Gasteiger partial charge in [0.25, 0.3) is 0 Å². The van der Waals surface area contributed by atoms with Crippen LogP contribution in [0.5, 0.6) is 5.75 Å². The Morgan fingerprint density at radius 2 is 1.95 bits per heavy atom. The van der Waals surface area contributed by atoms with Crippen LogP contribution in [0.25, 0.3) is 0 Å². The summed E-state index contributed by atoms with van der Waals surface area (Å²) >= 11 is 6.85. The van der Waals surface area contributed by atoms with Gasteiger partial charge in [0.1, 0.15) is 18.4 Å². The maximum absolute atomic E-state index is 12.6. The van der Waals surface area contributed by atoms with E-state index in [1.807, 2.05) is 12.1 Å². The average Bonchev–Trinajstić information content (AvgIpc) is 2.41. The zero-order valence-electron chi connectivity index (χ0n) is 10.2. The normalized spacial score (nSPS) is 23.9. The molecule has 2 heterocycles. The number of nitrogens with zero attached hydrogens (tertiary/aromatic N) is 1. The molecule has 0 N–H and O–H groups in total. The van der Waals surface area contributed by atoms with E-state index < -0.39 is 0 Å². The highest BCUT2D eigenvalue weighted by Crippen LogP contribution is 2.36. The topological polar surface area (TPSA) is 38.8 Å². The van der Waals surface area contributed by atoms with Crippen LogP contribution < -0.4 is 4.74 Å². The molecule has 1 atom stereocenters. The van der Waals surface area contributed by atoms with Crippen LogP contribution in [-0.4, -0.2) is 49.6 Å². The van der Waals surface area contributed by atoms with Crippen molar-refractivity contribution < 1.29 is 14.3 Å². The van der Waals surface area contributed by atoms with Crippen molar-refractivity contribution in [3.8, 4) is 5.75 Å². The van der Waals surface area contributed by atoms with E-state index in [4.69, 9.17) is 9.47 Å². The van der Waals surface area contributed by atoms with Crippen molar-refractivity contribution in [2.75, 3.05) is 32.9 Å². The molecular weight excluding hydrogens is 378 g/mol. The third-order valence-corrected chi connectivity index (χ3v) is 4.50. The Morgan fingerprint density at radius 1 is 1.21 bits per heavy atom. The van der Waals surface area contributed by atoms with Crippen LogP contribution in [0.1, 0.15) is 10.4 Å². The van der Waals surface area contributed by atoms with Gasteiger partial charge in [-0.05, 0) is 28.1 Å². The van der Waals surface area contributed by atoms with E-state index in [1.165, 1.54) is 0 Å². The highest BCUT2D eigenvalue weighted by atomic mass is 79.9. The molecular formula is C13H13Br2NO3. The summed E-state index contributed by atoms with van der Waals surface area (Å²) in [6.45, 7) is 3.33. The molecule has 0 radical (unpaired) electrons. The van der Waals surface area contributed by atoms with Crippen LogP contribution in [0, 0.1) is 0 Å². The molecule has 1 fully saturated rings. The van der Waals surface area contributed by atoms with Crippen molar-refractivity contribution in [3.05, 3.63) is 26.6 Å². The second-order valence-electron chi connectivity index (χ2n) is 4.60. The van der Waals surface area contributed by atoms with E-state index in [0.717, 1.165) is 22.0 Å². The predicted octanol–water partition coefficient (Wildman–Crippen LogP) is 2.49. The van der Waals surface area contributed by atoms with Crippen LogP contribution >= 0.6 is 31.9 Å². The molecule has 1 saturated heterocycles. The molecule has 4 nitrogen and oxygen atoms in total. The molecule has 1 aromatic carbocycles. The first-order valence-electron chi connectivity index (χ1n) is 6.14. The van der Waals surface area contributed by atoms with Gasteiger partial charge >= 0.3 is 0 Å². The number of ether oxygens (including phenoxy) is 2. The molecule has 0 aliphatic carbocycles. The summed E-state index contributed by atoms with van der Waals surface area (Å²) in [7, 11) is 0. The van der Waals surface area contributed by atoms with E-state index in [9.17, 15) is 4.79 Å². The number of hydrogen-bond donors (Lipinski definition) is 0. The molecule has 2 aliphatic heterocycles. The maximum atomic E-state index is 12.6. The number of fused-ring (bicyclic) bond motifs is 1. The summed E-state index contributed by atoms with van der Waals surface area (Å²) in [5.74, 6) is 0.780. The minimum atomic E-state index is -0.197. The molecule has 0 bridgehead atoms. The average molecular weight is 391 g/mol. The fraction of sp³-hybridized carbons (Fsp3) is 0.462.